The van der Waals surface area contributed by atoms with E-state index in [-0.39, 0.29) is 11.5 Å². The van der Waals surface area contributed by atoms with Crippen LogP contribution < -0.4 is 0 Å². The summed E-state index contributed by atoms with van der Waals surface area (Å²) < 4.78 is 2.11. The van der Waals surface area contributed by atoms with Crippen LogP contribution in [0.15, 0.2) is 69.3 Å². The highest BCUT2D eigenvalue weighted by Gasteiger charge is 2.18. The summed E-state index contributed by atoms with van der Waals surface area (Å²) in [5, 5.41) is 18.4. The molecule has 1 aromatic carbocycles. The molecule has 0 atom stereocenters. The van der Waals surface area contributed by atoms with Crippen LogP contribution in [0.3, 0.4) is 0 Å². The number of hydrogen-bond donors (Lipinski definition) is 0. The van der Waals surface area contributed by atoms with Crippen LogP contribution in [0.1, 0.15) is 17.3 Å². The third-order valence-electron chi connectivity index (χ3n) is 5.02. The fourth-order valence-electron chi connectivity index (χ4n) is 3.50. The second-order valence-corrected chi connectivity index (χ2v) is 9.38. The highest BCUT2D eigenvalue weighted by atomic mass is 32.2. The highest BCUT2D eigenvalue weighted by molar-refractivity contribution is 7.99. The van der Waals surface area contributed by atoms with Crippen molar-refractivity contribution in [2.24, 2.45) is 0 Å². The molecule has 0 aliphatic carbocycles. The maximum atomic E-state index is 13.0. The molecule has 8 heteroatoms. The molecule has 0 N–H and O–H groups in total. The number of Topliss-reactive ketones (excluding diaryl/α,β-unsaturated/α-hetero) is 1. The van der Waals surface area contributed by atoms with E-state index in [9.17, 15) is 4.79 Å². The maximum Gasteiger partial charge on any atom is 0.210 e. The standard InChI is InChI=1S/C23H18N4OS3/c1-2-27-11-18(17-5-3-4-6-19(17)27)20(28)14-31-23-24-21(15-7-9-29-12-15)22(25-26-23)16-8-10-30-13-16/h3-13H,2,14H2,1H3. The Hall–Kier alpha value is -2.81. The first kappa shape index (κ1) is 20.1. The van der Waals surface area contributed by atoms with E-state index >= 15 is 0 Å². The molecule has 0 saturated heterocycles. The molecule has 0 radical (unpaired) electrons. The second kappa shape index (κ2) is 8.74. The van der Waals surface area contributed by atoms with Crippen LogP contribution in [0.25, 0.3) is 33.4 Å². The number of nitrogens with zero attached hydrogens (tertiary/aromatic N) is 4. The van der Waals surface area contributed by atoms with Crippen LogP contribution in [-0.2, 0) is 6.54 Å². The predicted octanol–water partition coefficient (Wildman–Crippen LogP) is 6.28. The third kappa shape index (κ3) is 3.94. The largest absolute Gasteiger partial charge is 0.347 e. The molecule has 0 bridgehead atoms. The molecule has 5 rings (SSSR count). The number of para-hydroxylation sites is 1. The Labute approximate surface area is 191 Å². The summed E-state index contributed by atoms with van der Waals surface area (Å²) in [5.41, 5.74) is 5.40. The number of rotatable bonds is 7. The summed E-state index contributed by atoms with van der Waals surface area (Å²) in [7, 11) is 0. The van der Waals surface area contributed by atoms with Gasteiger partial charge in [0, 0.05) is 51.1 Å². The molecular weight excluding hydrogens is 444 g/mol. The maximum absolute atomic E-state index is 13.0. The Bertz CT molecular complexity index is 1340. The molecule has 0 fully saturated rings. The van der Waals surface area contributed by atoms with Crippen molar-refractivity contribution >= 4 is 51.1 Å². The second-order valence-electron chi connectivity index (χ2n) is 6.87. The van der Waals surface area contributed by atoms with Crippen molar-refractivity contribution in [3.63, 3.8) is 0 Å². The summed E-state index contributed by atoms with van der Waals surface area (Å²) >= 11 is 4.56. The zero-order valence-corrected chi connectivity index (χ0v) is 19.1. The molecule has 0 aliphatic rings. The lowest BCUT2D eigenvalue weighted by Crippen LogP contribution is -2.04. The minimum Gasteiger partial charge on any atom is -0.347 e. The zero-order chi connectivity index (χ0) is 21.2. The summed E-state index contributed by atoms with van der Waals surface area (Å²) in [6, 6.07) is 12.1. The number of aromatic nitrogens is 4. The smallest absolute Gasteiger partial charge is 0.210 e. The van der Waals surface area contributed by atoms with Crippen LogP contribution in [0.5, 0.6) is 0 Å². The molecule has 4 aromatic heterocycles. The Morgan fingerprint density at radius 3 is 2.45 bits per heavy atom. The molecule has 0 unspecified atom stereocenters. The summed E-state index contributed by atoms with van der Waals surface area (Å²) in [4.78, 5) is 17.8. The number of carbonyl (C=O) groups is 1. The number of benzene rings is 1. The van der Waals surface area contributed by atoms with Crippen LogP contribution >= 0.6 is 34.4 Å². The van der Waals surface area contributed by atoms with Gasteiger partial charge in [-0.15, -0.1) is 10.2 Å². The Balaban J connectivity index is 1.42. The number of ketones is 1. The molecule has 5 aromatic rings. The third-order valence-corrected chi connectivity index (χ3v) is 7.22. The summed E-state index contributed by atoms with van der Waals surface area (Å²) in [6.07, 6.45) is 1.95. The van der Waals surface area contributed by atoms with Crippen molar-refractivity contribution in [3.8, 4) is 22.5 Å². The SMILES string of the molecule is CCn1cc(C(=O)CSc2nnc(-c3ccsc3)c(-c3ccsc3)n2)c2ccccc21. The summed E-state index contributed by atoms with van der Waals surface area (Å²) in [5.74, 6) is 0.330. The van der Waals surface area contributed by atoms with Gasteiger partial charge in [-0.3, -0.25) is 4.79 Å². The summed E-state index contributed by atoms with van der Waals surface area (Å²) in [6.45, 7) is 2.90. The molecule has 4 heterocycles. The Morgan fingerprint density at radius 2 is 1.74 bits per heavy atom. The van der Waals surface area contributed by atoms with E-state index in [1.54, 1.807) is 22.7 Å². The minimum absolute atomic E-state index is 0.0657. The fourth-order valence-corrected chi connectivity index (χ4v) is 5.46. The van der Waals surface area contributed by atoms with Crippen molar-refractivity contribution in [1.29, 1.82) is 0 Å². The molecule has 0 amide bonds. The molecule has 31 heavy (non-hydrogen) atoms. The normalized spacial score (nSPS) is 11.3. The van der Waals surface area contributed by atoms with Gasteiger partial charge in [-0.2, -0.15) is 22.7 Å². The Kier molecular flexibility index (Phi) is 5.67. The van der Waals surface area contributed by atoms with Gasteiger partial charge < -0.3 is 4.57 Å². The van der Waals surface area contributed by atoms with Crippen LogP contribution in [-0.4, -0.2) is 31.3 Å². The predicted molar refractivity (Wildman–Crippen MR) is 129 cm³/mol. The van der Waals surface area contributed by atoms with Gasteiger partial charge in [-0.1, -0.05) is 30.0 Å². The molecular formula is C23H18N4OS3. The van der Waals surface area contributed by atoms with Crippen LogP contribution in [0, 0.1) is 0 Å². The lowest BCUT2D eigenvalue weighted by atomic mass is 10.1. The molecule has 5 nitrogen and oxygen atoms in total. The van der Waals surface area contributed by atoms with Crippen molar-refractivity contribution in [3.05, 3.63) is 69.7 Å². The van der Waals surface area contributed by atoms with Crippen LogP contribution in [0.2, 0.25) is 0 Å². The zero-order valence-electron chi connectivity index (χ0n) is 16.7. The Morgan fingerprint density at radius 1 is 1.00 bits per heavy atom. The van der Waals surface area contributed by atoms with Gasteiger partial charge in [0.1, 0.15) is 11.4 Å². The van der Waals surface area contributed by atoms with E-state index in [0.717, 1.165) is 45.5 Å². The molecule has 0 spiro atoms. The van der Waals surface area contributed by atoms with Gasteiger partial charge in [0.05, 0.1) is 5.75 Å². The van der Waals surface area contributed by atoms with Crippen molar-refractivity contribution < 1.29 is 4.79 Å². The molecule has 154 valence electrons. The van der Waals surface area contributed by atoms with Gasteiger partial charge in [0.15, 0.2) is 5.78 Å². The van der Waals surface area contributed by atoms with E-state index in [1.165, 1.54) is 11.8 Å². The van der Waals surface area contributed by atoms with E-state index in [4.69, 9.17) is 4.98 Å². The average Bonchev–Trinajstić information content (AvgIpc) is 3.58. The van der Waals surface area contributed by atoms with Gasteiger partial charge in [0.2, 0.25) is 5.16 Å². The number of aryl methyl sites for hydroxylation is 1. The lowest BCUT2D eigenvalue weighted by molar-refractivity contribution is 0.102. The van der Waals surface area contributed by atoms with E-state index in [1.807, 2.05) is 58.7 Å². The molecule has 0 aliphatic heterocycles. The first-order valence-electron chi connectivity index (χ1n) is 9.78. The monoisotopic (exact) mass is 462 g/mol. The van der Waals surface area contributed by atoms with Crippen molar-refractivity contribution in [2.45, 2.75) is 18.6 Å². The van der Waals surface area contributed by atoms with Crippen molar-refractivity contribution in [1.82, 2.24) is 19.7 Å². The quantitative estimate of drug-likeness (QED) is 0.210. The van der Waals surface area contributed by atoms with E-state index < -0.39 is 0 Å². The number of thiophene rings is 2. The fraction of sp³-hybridized carbons (Fsp3) is 0.130. The number of hydrogen-bond acceptors (Lipinski definition) is 7. The van der Waals surface area contributed by atoms with Gasteiger partial charge in [0.25, 0.3) is 0 Å². The minimum atomic E-state index is 0.0657. The van der Waals surface area contributed by atoms with Gasteiger partial charge in [-0.25, -0.2) is 4.98 Å². The number of carbonyl (C=O) groups excluding carboxylic acids is 1. The van der Waals surface area contributed by atoms with Gasteiger partial charge >= 0.3 is 0 Å². The number of thioether (sulfide) groups is 1. The first-order chi connectivity index (χ1) is 15.2. The lowest BCUT2D eigenvalue weighted by Gasteiger charge is -2.06. The van der Waals surface area contributed by atoms with E-state index in [2.05, 4.69) is 27.1 Å². The molecule has 0 saturated carbocycles. The van der Waals surface area contributed by atoms with E-state index in [0.29, 0.717) is 5.16 Å². The van der Waals surface area contributed by atoms with Crippen LogP contribution in [0.4, 0.5) is 0 Å². The first-order valence-corrected chi connectivity index (χ1v) is 12.7. The van der Waals surface area contributed by atoms with Gasteiger partial charge in [-0.05, 0) is 35.9 Å². The highest BCUT2D eigenvalue weighted by Crippen LogP contribution is 2.32. The number of fused-ring (bicyclic) bond motifs is 1. The van der Waals surface area contributed by atoms with Crippen molar-refractivity contribution in [2.75, 3.05) is 5.75 Å². The average molecular weight is 463 g/mol. The topological polar surface area (TPSA) is 60.7 Å².